The fourth-order valence-corrected chi connectivity index (χ4v) is 2.70. The molecule has 1 amide bonds. The summed E-state index contributed by atoms with van der Waals surface area (Å²) in [4.78, 5) is 22.5. The molecule has 0 aromatic carbocycles. The predicted molar refractivity (Wildman–Crippen MR) is 78.4 cm³/mol. The van der Waals surface area contributed by atoms with E-state index in [0.717, 1.165) is 11.7 Å². The summed E-state index contributed by atoms with van der Waals surface area (Å²) in [5.74, 6) is 5.37. The van der Waals surface area contributed by atoms with Crippen molar-refractivity contribution in [3.63, 3.8) is 0 Å². The monoisotopic (exact) mass is 315 g/mol. The first kappa shape index (κ1) is 16.4. The molecular formula is C11H19BN3O5P. The molecule has 0 saturated carbocycles. The zero-order valence-corrected chi connectivity index (χ0v) is 13.0. The van der Waals surface area contributed by atoms with Gasteiger partial charge in [0.1, 0.15) is 0 Å². The summed E-state index contributed by atoms with van der Waals surface area (Å²) in [6.45, 7) is 2.85. The normalized spacial score (nSPS) is 29.6. The van der Waals surface area contributed by atoms with Gasteiger partial charge in [0.2, 0.25) is 0 Å². The third kappa shape index (κ3) is 3.81. The summed E-state index contributed by atoms with van der Waals surface area (Å²) < 4.78 is 21.8. The summed E-state index contributed by atoms with van der Waals surface area (Å²) in [6, 6.07) is 0. The van der Waals surface area contributed by atoms with E-state index >= 15 is 0 Å². The van der Waals surface area contributed by atoms with E-state index in [1.165, 1.54) is 0 Å². The van der Waals surface area contributed by atoms with E-state index in [9.17, 15) is 9.36 Å². The van der Waals surface area contributed by atoms with E-state index in [4.69, 9.17) is 20.0 Å². The van der Waals surface area contributed by atoms with Crippen LogP contribution >= 0.6 is 7.60 Å². The van der Waals surface area contributed by atoms with E-state index in [1.807, 2.05) is 0 Å². The Bertz CT molecular complexity index is 534. The van der Waals surface area contributed by atoms with Crippen LogP contribution in [-0.4, -0.2) is 59.5 Å². The first-order chi connectivity index (χ1) is 9.69. The molecule has 10 heteroatoms. The third-order valence-electron chi connectivity index (χ3n) is 3.36. The quantitative estimate of drug-likeness (QED) is 0.304. The van der Waals surface area contributed by atoms with Crippen LogP contribution in [0, 0.1) is 0 Å². The molecule has 21 heavy (non-hydrogen) atoms. The molecule has 1 fully saturated rings. The van der Waals surface area contributed by atoms with Crippen molar-refractivity contribution < 1.29 is 23.5 Å². The van der Waals surface area contributed by atoms with Crippen LogP contribution in [0.1, 0.15) is 19.8 Å². The van der Waals surface area contributed by atoms with Gasteiger partial charge in [-0.3, -0.25) is 0 Å². The van der Waals surface area contributed by atoms with Gasteiger partial charge in [0.05, 0.1) is 0 Å². The van der Waals surface area contributed by atoms with E-state index < -0.39 is 7.60 Å². The van der Waals surface area contributed by atoms with Gasteiger partial charge in [-0.25, -0.2) is 0 Å². The van der Waals surface area contributed by atoms with Gasteiger partial charge in [-0.05, 0) is 0 Å². The van der Waals surface area contributed by atoms with E-state index in [0.29, 0.717) is 24.1 Å². The molecule has 1 saturated heterocycles. The fourth-order valence-electron chi connectivity index (χ4n) is 2.25. The van der Waals surface area contributed by atoms with Crippen molar-refractivity contribution >= 4 is 26.7 Å². The molecular weight excluding hydrogens is 296 g/mol. The van der Waals surface area contributed by atoms with Gasteiger partial charge in [-0.2, -0.15) is 0 Å². The Morgan fingerprint density at radius 3 is 2.90 bits per heavy atom. The summed E-state index contributed by atoms with van der Waals surface area (Å²) >= 11 is 0. The van der Waals surface area contributed by atoms with Gasteiger partial charge in [0.15, 0.2) is 0 Å². The second kappa shape index (κ2) is 6.02. The molecule has 0 aromatic heterocycles. The van der Waals surface area contributed by atoms with E-state index in [1.54, 1.807) is 18.0 Å². The van der Waals surface area contributed by atoms with Crippen molar-refractivity contribution in [1.29, 1.82) is 0 Å². The van der Waals surface area contributed by atoms with Gasteiger partial charge in [0.25, 0.3) is 0 Å². The standard InChI is InChI=1S/C11H19BN3O5P/c1-7-5-14(11(12)15(13)10(7)16)9-4-3-8(20-9)6-19-21(2,17)18/h5,8-9,12H,3-4,6,13H2,1-2H3,(H,17,18)/t8-,9?/m0/s1. The molecule has 3 atom stereocenters. The first-order valence-electron chi connectivity index (χ1n) is 6.54. The third-order valence-corrected chi connectivity index (χ3v) is 3.99. The van der Waals surface area contributed by atoms with Crippen LogP contribution < -0.4 is 5.84 Å². The molecule has 2 aliphatic rings. The summed E-state index contributed by atoms with van der Waals surface area (Å²) in [5, 5.41) is 0.983. The Morgan fingerprint density at radius 1 is 1.62 bits per heavy atom. The zero-order valence-electron chi connectivity index (χ0n) is 12.1. The summed E-state index contributed by atoms with van der Waals surface area (Å²) in [5.41, 5.74) is 0.821. The average Bonchev–Trinajstić information content (AvgIpc) is 2.86. The summed E-state index contributed by atoms with van der Waals surface area (Å²) in [6.07, 6.45) is 2.41. The van der Waals surface area contributed by atoms with Crippen LogP contribution in [0.15, 0.2) is 11.8 Å². The number of rotatable bonds is 4. The molecule has 116 valence electrons. The zero-order chi connectivity index (χ0) is 15.8. The number of hydrogen-bond donors (Lipinski definition) is 2. The number of nitrogens with two attached hydrogens (primary N) is 1. The Kier molecular flexibility index (Phi) is 4.70. The van der Waals surface area contributed by atoms with Gasteiger partial charge < -0.3 is 0 Å². The second-order valence-corrected chi connectivity index (χ2v) is 7.06. The van der Waals surface area contributed by atoms with Gasteiger partial charge in [-0.1, -0.05) is 0 Å². The van der Waals surface area contributed by atoms with Crippen LogP contribution in [0.25, 0.3) is 0 Å². The number of nitrogens with zero attached hydrogens (tertiary/aromatic N) is 2. The topological polar surface area (TPSA) is 105 Å². The number of carbonyl (C=O) groups is 1. The van der Waals surface area contributed by atoms with Crippen molar-refractivity contribution in [3.05, 3.63) is 11.8 Å². The molecule has 3 N–H and O–H groups in total. The Morgan fingerprint density at radius 2 is 2.29 bits per heavy atom. The fraction of sp³-hybridized carbons (Fsp3) is 0.636. The van der Waals surface area contributed by atoms with Crippen LogP contribution in [0.5, 0.6) is 0 Å². The predicted octanol–water partition coefficient (Wildman–Crippen LogP) is -0.767. The van der Waals surface area contributed by atoms with Crippen LogP contribution in [0.3, 0.4) is 0 Å². The van der Waals surface area contributed by atoms with E-state index in [-0.39, 0.29) is 24.8 Å². The maximum atomic E-state index is 11.7. The van der Waals surface area contributed by atoms with Crippen LogP contribution in [0.4, 0.5) is 0 Å². The molecule has 2 rings (SSSR count). The number of hydrazine groups is 1. The number of ether oxygens (including phenoxy) is 1. The van der Waals surface area contributed by atoms with Crippen LogP contribution in [-0.2, 0) is 18.6 Å². The number of hydrogen-bond acceptors (Lipinski definition) is 6. The molecule has 0 aliphatic carbocycles. The van der Waals surface area contributed by atoms with Gasteiger partial charge >= 0.3 is 123 Å². The molecule has 2 heterocycles. The van der Waals surface area contributed by atoms with E-state index in [2.05, 4.69) is 7.49 Å². The number of amides is 1. The molecule has 0 spiro atoms. The van der Waals surface area contributed by atoms with Gasteiger partial charge in [0, 0.05) is 0 Å². The molecule has 0 bridgehead atoms. The van der Waals surface area contributed by atoms with Crippen LogP contribution in [0.2, 0.25) is 0 Å². The minimum absolute atomic E-state index is 0.0507. The van der Waals surface area contributed by atoms with Gasteiger partial charge in [-0.15, -0.1) is 0 Å². The second-order valence-electron chi connectivity index (χ2n) is 5.20. The van der Waals surface area contributed by atoms with Crippen molar-refractivity contribution in [2.45, 2.75) is 32.1 Å². The molecule has 2 unspecified atom stereocenters. The van der Waals surface area contributed by atoms with Crippen molar-refractivity contribution in [2.75, 3.05) is 13.3 Å². The Balaban J connectivity index is 1.99. The molecule has 2 aliphatic heterocycles. The van der Waals surface area contributed by atoms with Crippen molar-refractivity contribution in [3.8, 4) is 0 Å². The molecule has 0 radical (unpaired) electrons. The van der Waals surface area contributed by atoms with Crippen molar-refractivity contribution in [1.82, 2.24) is 9.91 Å². The minimum atomic E-state index is -3.51. The Hall–Kier alpha value is -0.985. The molecule has 8 nitrogen and oxygen atoms in total. The SMILES string of the molecule is B=C1N(N)C(=O)C(C)=CN1C1CC[C@@H](COP(C)(=O)O)O1. The Labute approximate surface area is 124 Å². The maximum absolute atomic E-state index is 11.7. The average molecular weight is 315 g/mol. The first-order valence-corrected chi connectivity index (χ1v) is 8.56. The summed E-state index contributed by atoms with van der Waals surface area (Å²) in [7, 11) is 0.276. The molecule has 0 aromatic rings. The number of carbonyl (C=O) groups excluding carboxylic acids is 1. The van der Waals surface area contributed by atoms with Crippen molar-refractivity contribution in [2.24, 2.45) is 5.84 Å².